The Hall–Kier alpha value is -2.95. The van der Waals surface area contributed by atoms with E-state index in [1.54, 1.807) is 6.92 Å². The maximum absolute atomic E-state index is 12.5. The maximum Gasteiger partial charge on any atom is 0.335 e. The van der Waals surface area contributed by atoms with Crippen molar-refractivity contribution in [3.8, 4) is 0 Å². The van der Waals surface area contributed by atoms with Crippen molar-refractivity contribution in [3.63, 3.8) is 0 Å². The lowest BCUT2D eigenvalue weighted by atomic mass is 10.1. The predicted molar refractivity (Wildman–Crippen MR) is 78.8 cm³/mol. The fourth-order valence-corrected chi connectivity index (χ4v) is 2.62. The Balaban J connectivity index is 2.01. The third-order valence-corrected chi connectivity index (χ3v) is 3.83. The Kier molecular flexibility index (Phi) is 3.25. The molecule has 1 aliphatic rings. The van der Waals surface area contributed by atoms with Gasteiger partial charge in [-0.3, -0.25) is 14.5 Å². The van der Waals surface area contributed by atoms with Gasteiger partial charge in [-0.2, -0.15) is 0 Å². The number of carboxylic acids is 1. The van der Waals surface area contributed by atoms with E-state index in [4.69, 9.17) is 5.11 Å². The van der Waals surface area contributed by atoms with Gasteiger partial charge in [0.05, 0.1) is 22.7 Å². The van der Waals surface area contributed by atoms with Crippen LogP contribution in [0.4, 0.5) is 0 Å². The second-order valence-corrected chi connectivity index (χ2v) is 5.13. The van der Waals surface area contributed by atoms with Crippen molar-refractivity contribution < 1.29 is 19.5 Å². The number of hydrogen-bond acceptors (Lipinski definition) is 3. The van der Waals surface area contributed by atoms with E-state index in [2.05, 4.69) is 0 Å². The van der Waals surface area contributed by atoms with Gasteiger partial charge in [0.25, 0.3) is 11.8 Å². The van der Waals surface area contributed by atoms with Crippen molar-refractivity contribution >= 4 is 17.8 Å². The molecule has 2 amide bonds. The summed E-state index contributed by atoms with van der Waals surface area (Å²) in [7, 11) is 0. The highest BCUT2D eigenvalue weighted by atomic mass is 16.4. The molecule has 0 saturated carbocycles. The molecule has 5 nitrogen and oxygen atoms in total. The van der Waals surface area contributed by atoms with Crippen LogP contribution in [0.1, 0.15) is 49.6 Å². The van der Waals surface area contributed by atoms with E-state index in [1.165, 1.54) is 23.1 Å². The fraction of sp³-hybridized carbons (Fsp3) is 0.118. The molecule has 0 saturated heterocycles. The van der Waals surface area contributed by atoms with Crippen LogP contribution >= 0.6 is 0 Å². The van der Waals surface area contributed by atoms with Crippen molar-refractivity contribution in [2.45, 2.75) is 13.0 Å². The monoisotopic (exact) mass is 295 g/mol. The Morgan fingerprint density at radius 1 is 1.00 bits per heavy atom. The summed E-state index contributed by atoms with van der Waals surface area (Å²) in [5.74, 6) is -1.98. The van der Waals surface area contributed by atoms with E-state index < -0.39 is 23.8 Å². The number of amides is 2. The largest absolute Gasteiger partial charge is 0.478 e. The van der Waals surface area contributed by atoms with Crippen LogP contribution in [-0.4, -0.2) is 27.8 Å². The molecule has 2 aromatic rings. The minimum atomic E-state index is -1.13. The summed E-state index contributed by atoms with van der Waals surface area (Å²) in [6.45, 7) is 1.77. The minimum absolute atomic E-state index is 0.00545. The molecule has 0 aromatic heterocycles. The first kappa shape index (κ1) is 14.0. The summed E-state index contributed by atoms with van der Waals surface area (Å²) in [6, 6.07) is 12.8. The molecule has 1 atom stereocenters. The summed E-state index contributed by atoms with van der Waals surface area (Å²) in [4.78, 5) is 37.2. The number of hydrogen-bond donors (Lipinski definition) is 1. The van der Waals surface area contributed by atoms with E-state index in [-0.39, 0.29) is 16.7 Å². The number of carbonyl (C=O) groups excluding carboxylic acids is 2. The van der Waals surface area contributed by atoms with E-state index in [9.17, 15) is 14.4 Å². The molecule has 110 valence electrons. The van der Waals surface area contributed by atoms with Crippen LogP contribution in [0, 0.1) is 0 Å². The molecule has 1 N–H and O–H groups in total. The highest BCUT2D eigenvalue weighted by Crippen LogP contribution is 2.31. The lowest BCUT2D eigenvalue weighted by Crippen LogP contribution is -2.32. The molecule has 5 heteroatoms. The van der Waals surface area contributed by atoms with E-state index >= 15 is 0 Å². The highest BCUT2D eigenvalue weighted by molar-refractivity contribution is 6.22. The van der Waals surface area contributed by atoms with Crippen molar-refractivity contribution in [2.24, 2.45) is 0 Å². The Bertz CT molecular complexity index is 783. The normalized spacial score (nSPS) is 14.9. The molecule has 0 unspecified atom stereocenters. The molecule has 0 bridgehead atoms. The average Bonchev–Trinajstić information content (AvgIpc) is 2.78. The Labute approximate surface area is 126 Å². The quantitative estimate of drug-likeness (QED) is 0.883. The number of fused-ring (bicyclic) bond motifs is 1. The molecule has 22 heavy (non-hydrogen) atoms. The van der Waals surface area contributed by atoms with Crippen LogP contribution in [-0.2, 0) is 0 Å². The third-order valence-electron chi connectivity index (χ3n) is 3.83. The van der Waals surface area contributed by atoms with Gasteiger partial charge in [-0.15, -0.1) is 0 Å². The van der Waals surface area contributed by atoms with Gasteiger partial charge in [-0.1, -0.05) is 30.3 Å². The summed E-state index contributed by atoms with van der Waals surface area (Å²) in [5.41, 5.74) is 1.23. The number of imide groups is 1. The fourth-order valence-electron chi connectivity index (χ4n) is 2.62. The number of nitrogens with zero attached hydrogens (tertiary/aromatic N) is 1. The first-order valence-electron chi connectivity index (χ1n) is 6.81. The molecule has 0 fully saturated rings. The summed E-state index contributed by atoms with van der Waals surface area (Å²) >= 11 is 0. The SMILES string of the molecule is C[C@@H](c1ccccc1)N1C(=O)c2ccc(C(=O)O)cc2C1=O. The summed E-state index contributed by atoms with van der Waals surface area (Å²) < 4.78 is 0. The van der Waals surface area contributed by atoms with Crippen molar-refractivity contribution in [3.05, 3.63) is 70.8 Å². The molecule has 1 heterocycles. The zero-order valence-electron chi connectivity index (χ0n) is 11.8. The zero-order chi connectivity index (χ0) is 15.9. The Morgan fingerprint density at radius 2 is 1.64 bits per heavy atom. The van der Waals surface area contributed by atoms with Crippen molar-refractivity contribution in [1.29, 1.82) is 0 Å². The van der Waals surface area contributed by atoms with Gasteiger partial charge >= 0.3 is 5.97 Å². The summed E-state index contributed by atoms with van der Waals surface area (Å²) in [5, 5.41) is 9.01. The van der Waals surface area contributed by atoms with Gasteiger partial charge in [0.1, 0.15) is 0 Å². The zero-order valence-corrected chi connectivity index (χ0v) is 11.8. The highest BCUT2D eigenvalue weighted by Gasteiger charge is 2.39. The molecule has 1 aliphatic heterocycles. The number of carbonyl (C=O) groups is 3. The number of aromatic carboxylic acids is 1. The average molecular weight is 295 g/mol. The third kappa shape index (κ3) is 2.07. The lowest BCUT2D eigenvalue weighted by Gasteiger charge is -2.22. The molecular weight excluding hydrogens is 282 g/mol. The van der Waals surface area contributed by atoms with Gasteiger partial charge in [-0.05, 0) is 30.7 Å². The van der Waals surface area contributed by atoms with Crippen LogP contribution in [0.2, 0.25) is 0 Å². The first-order valence-corrected chi connectivity index (χ1v) is 6.81. The lowest BCUT2D eigenvalue weighted by molar-refractivity contribution is 0.0594. The minimum Gasteiger partial charge on any atom is -0.478 e. The predicted octanol–water partition coefficient (Wildman–Crippen LogP) is 2.74. The number of carboxylic acid groups (broad SMARTS) is 1. The van der Waals surface area contributed by atoms with Crippen LogP contribution in [0.3, 0.4) is 0 Å². The van der Waals surface area contributed by atoms with E-state index in [1.807, 2.05) is 30.3 Å². The van der Waals surface area contributed by atoms with Crippen LogP contribution in [0.15, 0.2) is 48.5 Å². The van der Waals surface area contributed by atoms with Crippen LogP contribution in [0.25, 0.3) is 0 Å². The summed E-state index contributed by atoms with van der Waals surface area (Å²) in [6.07, 6.45) is 0. The van der Waals surface area contributed by atoms with E-state index in [0.29, 0.717) is 0 Å². The van der Waals surface area contributed by atoms with Crippen LogP contribution in [0.5, 0.6) is 0 Å². The topological polar surface area (TPSA) is 74.7 Å². The Morgan fingerprint density at radius 3 is 2.27 bits per heavy atom. The number of rotatable bonds is 3. The maximum atomic E-state index is 12.5. The van der Waals surface area contributed by atoms with Gasteiger partial charge in [0.2, 0.25) is 0 Å². The molecule has 2 aromatic carbocycles. The standard InChI is InChI=1S/C17H13NO4/c1-10(11-5-3-2-4-6-11)18-15(19)13-8-7-12(17(21)22)9-14(13)16(18)20/h2-10H,1H3,(H,21,22)/t10-/m0/s1. The molecule has 0 spiro atoms. The molecule has 3 rings (SSSR count). The van der Waals surface area contributed by atoms with Gasteiger partial charge in [0, 0.05) is 0 Å². The van der Waals surface area contributed by atoms with Gasteiger partial charge in [0.15, 0.2) is 0 Å². The first-order chi connectivity index (χ1) is 10.5. The number of benzene rings is 2. The van der Waals surface area contributed by atoms with E-state index in [0.717, 1.165) is 5.56 Å². The molecular formula is C17H13NO4. The second-order valence-electron chi connectivity index (χ2n) is 5.13. The smallest absolute Gasteiger partial charge is 0.335 e. The molecule has 0 aliphatic carbocycles. The van der Waals surface area contributed by atoms with Crippen molar-refractivity contribution in [1.82, 2.24) is 4.90 Å². The van der Waals surface area contributed by atoms with Gasteiger partial charge < -0.3 is 5.11 Å². The second kappa shape index (κ2) is 5.11. The molecule has 0 radical (unpaired) electrons. The van der Waals surface area contributed by atoms with Gasteiger partial charge in [-0.25, -0.2) is 4.79 Å². The van der Waals surface area contributed by atoms with Crippen LogP contribution < -0.4 is 0 Å². The van der Waals surface area contributed by atoms with Crippen molar-refractivity contribution in [2.75, 3.05) is 0 Å².